The van der Waals surface area contributed by atoms with Gasteiger partial charge < -0.3 is 24.8 Å². The highest BCUT2D eigenvalue weighted by atomic mass is 19.1. The van der Waals surface area contributed by atoms with Crippen molar-refractivity contribution in [1.82, 2.24) is 14.8 Å². The molecular weight excluding hydrogens is 375 g/mol. The molecule has 0 radical (unpaired) electrons. The van der Waals surface area contributed by atoms with Crippen LogP contribution in [0, 0.1) is 5.82 Å². The van der Waals surface area contributed by atoms with Crippen LogP contribution in [0.1, 0.15) is 36.2 Å². The van der Waals surface area contributed by atoms with Crippen molar-refractivity contribution in [3.05, 3.63) is 39.9 Å². The van der Waals surface area contributed by atoms with E-state index in [9.17, 15) is 9.59 Å². The molecule has 8 heteroatoms. The molecule has 1 amide bonds. The highest BCUT2D eigenvalue weighted by Crippen LogP contribution is 2.38. The predicted octanol–water partition coefficient (Wildman–Crippen LogP) is 1.34. The number of aliphatic hydroxyl groups excluding tert-OH is 1. The van der Waals surface area contributed by atoms with Crippen LogP contribution in [0.15, 0.2) is 23.1 Å². The molecule has 2 heterocycles. The summed E-state index contributed by atoms with van der Waals surface area (Å²) in [4.78, 5) is 29.7. The summed E-state index contributed by atoms with van der Waals surface area (Å²) in [6.07, 6.45) is 3.53. The fourth-order valence-corrected chi connectivity index (χ4v) is 3.99. The number of likely N-dealkylation sites (N-methyl/N-ethyl adjacent to an activating group) is 1. The summed E-state index contributed by atoms with van der Waals surface area (Å²) >= 11 is 0. The van der Waals surface area contributed by atoms with Crippen molar-refractivity contribution < 1.29 is 14.3 Å². The Labute approximate surface area is 168 Å². The van der Waals surface area contributed by atoms with Crippen molar-refractivity contribution >= 4 is 22.5 Å². The summed E-state index contributed by atoms with van der Waals surface area (Å²) in [5, 5.41) is 11.7. The molecule has 1 aliphatic heterocycles. The van der Waals surface area contributed by atoms with Crippen LogP contribution in [0.4, 0.5) is 10.1 Å². The summed E-state index contributed by atoms with van der Waals surface area (Å²) in [6.45, 7) is 6.21. The minimum atomic E-state index is -0.541. The second-order valence-corrected chi connectivity index (χ2v) is 7.73. The molecule has 7 nitrogen and oxygen atoms in total. The number of pyridine rings is 1. The van der Waals surface area contributed by atoms with E-state index < -0.39 is 17.2 Å². The average Bonchev–Trinajstić information content (AvgIpc) is 3.57. The topological polar surface area (TPSA) is 77.8 Å². The molecule has 2 N–H and O–H groups in total. The number of nitrogens with one attached hydrogen (secondary N) is 1. The Hall–Kier alpha value is -2.45. The van der Waals surface area contributed by atoms with Crippen molar-refractivity contribution in [2.45, 2.75) is 25.8 Å². The van der Waals surface area contributed by atoms with Gasteiger partial charge in [0.25, 0.3) is 5.91 Å². The number of hydrogen-bond donors (Lipinski definition) is 2. The molecule has 1 aliphatic carbocycles. The van der Waals surface area contributed by atoms with Gasteiger partial charge in [0, 0.05) is 50.3 Å². The van der Waals surface area contributed by atoms with E-state index in [4.69, 9.17) is 5.11 Å². The van der Waals surface area contributed by atoms with E-state index in [1.165, 1.54) is 6.07 Å². The molecule has 2 fully saturated rings. The number of carbonyl (C=O) groups is 1. The minimum absolute atomic E-state index is 0.0124. The van der Waals surface area contributed by atoms with Crippen LogP contribution in [0.2, 0.25) is 0 Å². The van der Waals surface area contributed by atoms with Gasteiger partial charge in [-0.1, -0.05) is 6.92 Å². The summed E-state index contributed by atoms with van der Waals surface area (Å²) in [5.41, 5.74) is 0.695. The first-order valence-electron chi connectivity index (χ1n) is 10.3. The van der Waals surface area contributed by atoms with Crippen LogP contribution in [-0.2, 0) is 0 Å². The van der Waals surface area contributed by atoms with Crippen molar-refractivity contribution in [2.75, 3.05) is 50.8 Å². The van der Waals surface area contributed by atoms with Crippen LogP contribution in [0.3, 0.4) is 0 Å². The summed E-state index contributed by atoms with van der Waals surface area (Å²) < 4.78 is 17.0. The summed E-state index contributed by atoms with van der Waals surface area (Å²) in [5.74, 6) is -0.977. The normalized spacial score (nSPS) is 17.7. The highest BCUT2D eigenvalue weighted by molar-refractivity contribution is 5.97. The van der Waals surface area contributed by atoms with Crippen molar-refractivity contribution in [2.24, 2.45) is 0 Å². The van der Waals surface area contributed by atoms with Gasteiger partial charge in [0.2, 0.25) is 5.43 Å². The van der Waals surface area contributed by atoms with Crippen LogP contribution in [-0.4, -0.2) is 66.4 Å². The zero-order valence-electron chi connectivity index (χ0n) is 16.7. The Bertz CT molecular complexity index is 978. The minimum Gasteiger partial charge on any atom is -0.395 e. The fourth-order valence-electron chi connectivity index (χ4n) is 3.99. The molecule has 0 bridgehead atoms. The van der Waals surface area contributed by atoms with E-state index >= 15 is 4.39 Å². The standard InChI is InChI=1S/C21H27FN4O3/c1-2-24-6-8-25(9-7-24)19-12-18-15(11-17(19)22)20(28)16(21(29)23-5-10-27)13-26(18)14-3-4-14/h11-14,27H,2-10H2,1H3,(H,23,29). The number of benzene rings is 1. The van der Waals surface area contributed by atoms with Gasteiger partial charge in [-0.2, -0.15) is 0 Å². The monoisotopic (exact) mass is 402 g/mol. The lowest BCUT2D eigenvalue weighted by atomic mass is 10.1. The quantitative estimate of drug-likeness (QED) is 0.763. The third-order valence-electron chi connectivity index (χ3n) is 5.84. The zero-order valence-corrected chi connectivity index (χ0v) is 16.7. The smallest absolute Gasteiger partial charge is 0.256 e. The number of fused-ring (bicyclic) bond motifs is 1. The number of anilines is 1. The maximum atomic E-state index is 15.0. The number of nitrogens with zero attached hydrogens (tertiary/aromatic N) is 3. The van der Waals surface area contributed by atoms with Crippen LogP contribution in [0.5, 0.6) is 0 Å². The Balaban J connectivity index is 1.77. The first kappa shape index (κ1) is 19.8. The van der Waals surface area contributed by atoms with E-state index in [1.54, 1.807) is 12.3 Å². The van der Waals surface area contributed by atoms with Gasteiger partial charge in [-0.05, 0) is 31.5 Å². The first-order valence-corrected chi connectivity index (χ1v) is 10.3. The van der Waals surface area contributed by atoms with Gasteiger partial charge in [-0.25, -0.2) is 4.39 Å². The predicted molar refractivity (Wildman–Crippen MR) is 110 cm³/mol. The van der Waals surface area contributed by atoms with Crippen LogP contribution >= 0.6 is 0 Å². The van der Waals surface area contributed by atoms with Gasteiger partial charge in [0.1, 0.15) is 11.4 Å². The van der Waals surface area contributed by atoms with Crippen molar-refractivity contribution in [1.29, 1.82) is 0 Å². The first-order chi connectivity index (χ1) is 14.0. The molecule has 0 spiro atoms. The fraction of sp³-hybridized carbons (Fsp3) is 0.524. The highest BCUT2D eigenvalue weighted by Gasteiger charge is 2.28. The molecule has 1 saturated heterocycles. The Morgan fingerprint density at radius 1 is 1.24 bits per heavy atom. The Morgan fingerprint density at radius 2 is 1.97 bits per heavy atom. The Morgan fingerprint density at radius 3 is 2.59 bits per heavy atom. The van der Waals surface area contributed by atoms with Gasteiger partial charge in [0.15, 0.2) is 0 Å². The number of rotatable bonds is 6. The summed E-state index contributed by atoms with van der Waals surface area (Å²) in [7, 11) is 0. The largest absolute Gasteiger partial charge is 0.395 e. The number of carbonyl (C=O) groups excluding carboxylic acids is 1. The average molecular weight is 402 g/mol. The van der Waals surface area contributed by atoms with E-state index in [0.717, 1.165) is 45.6 Å². The van der Waals surface area contributed by atoms with E-state index in [0.29, 0.717) is 11.2 Å². The molecule has 1 saturated carbocycles. The zero-order chi connectivity index (χ0) is 20.5. The van der Waals surface area contributed by atoms with E-state index in [-0.39, 0.29) is 30.1 Å². The number of aliphatic hydroxyl groups is 1. The molecule has 156 valence electrons. The second-order valence-electron chi connectivity index (χ2n) is 7.73. The van der Waals surface area contributed by atoms with E-state index in [2.05, 4.69) is 17.1 Å². The van der Waals surface area contributed by atoms with E-state index in [1.807, 2.05) is 9.47 Å². The third-order valence-corrected chi connectivity index (χ3v) is 5.84. The van der Waals surface area contributed by atoms with Gasteiger partial charge >= 0.3 is 0 Å². The number of amides is 1. The molecule has 2 aromatic rings. The Kier molecular flexibility index (Phi) is 5.56. The molecule has 29 heavy (non-hydrogen) atoms. The van der Waals surface area contributed by atoms with Gasteiger partial charge in [-0.15, -0.1) is 0 Å². The lowest BCUT2D eigenvalue weighted by molar-refractivity contribution is 0.0943. The number of hydrogen-bond acceptors (Lipinski definition) is 5. The maximum Gasteiger partial charge on any atom is 0.256 e. The van der Waals surface area contributed by atoms with Crippen molar-refractivity contribution in [3.8, 4) is 0 Å². The maximum absolute atomic E-state index is 15.0. The molecule has 1 aromatic carbocycles. The molecule has 4 rings (SSSR count). The molecule has 2 aliphatic rings. The SMILES string of the molecule is CCN1CCN(c2cc3c(cc2F)c(=O)c(C(=O)NCCO)cn3C2CC2)CC1. The second kappa shape index (κ2) is 8.12. The van der Waals surface area contributed by atoms with Crippen LogP contribution < -0.4 is 15.6 Å². The van der Waals surface area contributed by atoms with Gasteiger partial charge in [-0.3, -0.25) is 9.59 Å². The molecule has 0 unspecified atom stereocenters. The lowest BCUT2D eigenvalue weighted by Crippen LogP contribution is -2.46. The van der Waals surface area contributed by atoms with Crippen molar-refractivity contribution in [3.63, 3.8) is 0 Å². The number of piperazine rings is 1. The molecule has 0 atom stereocenters. The third kappa shape index (κ3) is 3.86. The van der Waals surface area contributed by atoms with Crippen LogP contribution in [0.25, 0.3) is 10.9 Å². The number of halogens is 1. The molecular formula is C21H27FN4O3. The van der Waals surface area contributed by atoms with Gasteiger partial charge in [0.05, 0.1) is 17.8 Å². The summed E-state index contributed by atoms with van der Waals surface area (Å²) in [6, 6.07) is 3.26. The number of aromatic nitrogens is 1. The molecule has 1 aromatic heterocycles. The lowest BCUT2D eigenvalue weighted by Gasteiger charge is -2.35.